The van der Waals surface area contributed by atoms with Crippen molar-refractivity contribution >= 4 is 28.4 Å². The Kier molecular flexibility index (Phi) is 4.48. The van der Waals surface area contributed by atoms with Crippen molar-refractivity contribution in [2.45, 2.75) is 6.92 Å². The molecule has 0 atom stereocenters. The molecule has 9 heteroatoms. The topological polar surface area (TPSA) is 101 Å². The van der Waals surface area contributed by atoms with Gasteiger partial charge in [0.1, 0.15) is 5.82 Å². The number of amides is 1. The molecular weight excluding hydrogens is 361 g/mol. The van der Waals surface area contributed by atoms with Crippen LogP contribution < -0.4 is 10.6 Å². The average molecular weight is 379 g/mol. The molecule has 0 unspecified atom stereocenters. The predicted molar refractivity (Wildman–Crippen MR) is 104 cm³/mol. The Labute approximate surface area is 159 Å². The number of rotatable bonds is 5. The van der Waals surface area contributed by atoms with E-state index >= 15 is 0 Å². The Morgan fingerprint density at radius 2 is 2.11 bits per heavy atom. The molecule has 8 nitrogen and oxygen atoms in total. The summed E-state index contributed by atoms with van der Waals surface area (Å²) in [5.41, 5.74) is 2.24. The molecular formula is C19H18FN7O. The van der Waals surface area contributed by atoms with Gasteiger partial charge in [-0.1, -0.05) is 6.07 Å². The van der Waals surface area contributed by atoms with E-state index in [9.17, 15) is 9.18 Å². The molecule has 0 fully saturated rings. The molecule has 4 rings (SSSR count). The van der Waals surface area contributed by atoms with Crippen LogP contribution in [0, 0.1) is 5.82 Å². The monoisotopic (exact) mass is 379 g/mol. The summed E-state index contributed by atoms with van der Waals surface area (Å²) >= 11 is 0. The molecule has 142 valence electrons. The number of aromatic amines is 1. The molecule has 0 aliphatic carbocycles. The normalized spacial score (nSPS) is 11.0. The number of carbonyl (C=O) groups is 1. The van der Waals surface area contributed by atoms with E-state index < -0.39 is 11.7 Å². The maximum absolute atomic E-state index is 14.3. The summed E-state index contributed by atoms with van der Waals surface area (Å²) < 4.78 is 15.9. The summed E-state index contributed by atoms with van der Waals surface area (Å²) in [6.45, 7) is 2.21. The van der Waals surface area contributed by atoms with Crippen LogP contribution in [0.3, 0.4) is 0 Å². The van der Waals surface area contributed by atoms with Crippen LogP contribution in [0.1, 0.15) is 17.3 Å². The summed E-state index contributed by atoms with van der Waals surface area (Å²) in [4.78, 5) is 16.3. The highest BCUT2D eigenvalue weighted by Crippen LogP contribution is 2.24. The highest BCUT2D eigenvalue weighted by Gasteiger charge is 2.15. The van der Waals surface area contributed by atoms with E-state index in [0.717, 1.165) is 16.6 Å². The van der Waals surface area contributed by atoms with Gasteiger partial charge in [0.2, 0.25) is 5.95 Å². The standard InChI is InChI=1S/C19H18FN7O/c1-3-21-18(28)14-6-4-11(9-15(14)20)17-24-19(27(2)26-17)23-13-5-7-16-12(8-13)10-22-25-16/h4-10H,3H2,1-2H3,(H,21,28)(H,22,25)(H,23,24,26). The van der Waals surface area contributed by atoms with Crippen molar-refractivity contribution in [1.29, 1.82) is 0 Å². The number of nitrogens with zero attached hydrogens (tertiary/aromatic N) is 4. The summed E-state index contributed by atoms with van der Waals surface area (Å²) in [6.07, 6.45) is 1.74. The van der Waals surface area contributed by atoms with E-state index in [4.69, 9.17) is 0 Å². The molecule has 2 heterocycles. The third-order valence-corrected chi connectivity index (χ3v) is 4.27. The number of benzene rings is 2. The first kappa shape index (κ1) is 17.7. The lowest BCUT2D eigenvalue weighted by Gasteiger charge is -2.04. The molecule has 3 N–H and O–H groups in total. The number of halogens is 1. The summed E-state index contributed by atoms with van der Waals surface area (Å²) in [7, 11) is 1.74. The Balaban J connectivity index is 1.60. The minimum absolute atomic E-state index is 0.00621. The zero-order chi connectivity index (χ0) is 19.7. The third-order valence-electron chi connectivity index (χ3n) is 4.27. The second kappa shape index (κ2) is 7.10. The first-order valence-corrected chi connectivity index (χ1v) is 8.74. The lowest BCUT2D eigenvalue weighted by Crippen LogP contribution is -2.23. The van der Waals surface area contributed by atoms with E-state index in [0.29, 0.717) is 23.9 Å². The van der Waals surface area contributed by atoms with Crippen molar-refractivity contribution in [2.75, 3.05) is 11.9 Å². The molecule has 1 amide bonds. The number of nitrogens with one attached hydrogen (secondary N) is 3. The maximum atomic E-state index is 14.3. The number of aryl methyl sites for hydroxylation is 1. The van der Waals surface area contributed by atoms with Crippen molar-refractivity contribution < 1.29 is 9.18 Å². The zero-order valence-corrected chi connectivity index (χ0v) is 15.3. The molecule has 0 saturated carbocycles. The first-order valence-electron chi connectivity index (χ1n) is 8.74. The van der Waals surface area contributed by atoms with Crippen LogP contribution in [0.15, 0.2) is 42.6 Å². The molecule has 0 bridgehead atoms. The van der Waals surface area contributed by atoms with Gasteiger partial charge >= 0.3 is 0 Å². The van der Waals surface area contributed by atoms with Gasteiger partial charge in [0.15, 0.2) is 5.82 Å². The number of H-pyrrole nitrogens is 1. The average Bonchev–Trinajstić information content (AvgIpc) is 3.28. The van der Waals surface area contributed by atoms with Gasteiger partial charge in [-0.15, -0.1) is 5.10 Å². The van der Waals surface area contributed by atoms with Crippen LogP contribution in [0.2, 0.25) is 0 Å². The van der Waals surface area contributed by atoms with Gasteiger partial charge in [0.05, 0.1) is 17.3 Å². The summed E-state index contributed by atoms with van der Waals surface area (Å²) in [5, 5.41) is 18.0. The number of carbonyl (C=O) groups excluding carboxylic acids is 1. The molecule has 0 radical (unpaired) electrons. The van der Waals surface area contributed by atoms with E-state index in [1.165, 1.54) is 12.1 Å². The molecule has 2 aromatic heterocycles. The van der Waals surface area contributed by atoms with Gasteiger partial charge in [-0.05, 0) is 37.3 Å². The quantitative estimate of drug-likeness (QED) is 0.495. The second-order valence-corrected chi connectivity index (χ2v) is 6.23. The fraction of sp³-hybridized carbons (Fsp3) is 0.158. The third kappa shape index (κ3) is 3.29. The Morgan fingerprint density at radius 3 is 2.89 bits per heavy atom. The fourth-order valence-electron chi connectivity index (χ4n) is 2.86. The van der Waals surface area contributed by atoms with E-state index in [2.05, 4.69) is 30.9 Å². The van der Waals surface area contributed by atoms with Crippen molar-refractivity contribution in [1.82, 2.24) is 30.3 Å². The number of anilines is 2. The van der Waals surface area contributed by atoms with Gasteiger partial charge in [-0.2, -0.15) is 10.1 Å². The van der Waals surface area contributed by atoms with Crippen LogP contribution in [-0.2, 0) is 7.05 Å². The molecule has 2 aromatic carbocycles. The largest absolute Gasteiger partial charge is 0.352 e. The molecule has 4 aromatic rings. The smallest absolute Gasteiger partial charge is 0.254 e. The van der Waals surface area contributed by atoms with Gasteiger partial charge in [0.25, 0.3) is 5.91 Å². The highest BCUT2D eigenvalue weighted by molar-refractivity contribution is 5.94. The second-order valence-electron chi connectivity index (χ2n) is 6.23. The van der Waals surface area contributed by atoms with Crippen molar-refractivity contribution in [3.05, 3.63) is 54.0 Å². The molecule has 0 saturated heterocycles. The number of aromatic nitrogens is 5. The van der Waals surface area contributed by atoms with E-state index in [1.807, 2.05) is 18.2 Å². The van der Waals surface area contributed by atoms with Crippen LogP contribution in [0.5, 0.6) is 0 Å². The van der Waals surface area contributed by atoms with Gasteiger partial charge in [0, 0.05) is 30.2 Å². The first-order chi connectivity index (χ1) is 13.5. The van der Waals surface area contributed by atoms with Gasteiger partial charge in [-0.25, -0.2) is 9.07 Å². The maximum Gasteiger partial charge on any atom is 0.254 e. The predicted octanol–water partition coefficient (Wildman–Crippen LogP) is 2.99. The molecule has 0 aliphatic heterocycles. The van der Waals surface area contributed by atoms with Crippen LogP contribution in [-0.4, -0.2) is 37.4 Å². The SMILES string of the molecule is CCNC(=O)c1ccc(-c2nc(Nc3ccc4[nH]ncc4c3)n(C)n2)cc1F. The molecule has 28 heavy (non-hydrogen) atoms. The Morgan fingerprint density at radius 1 is 1.25 bits per heavy atom. The molecule has 0 spiro atoms. The van der Waals surface area contributed by atoms with Crippen molar-refractivity contribution in [3.63, 3.8) is 0 Å². The lowest BCUT2D eigenvalue weighted by atomic mass is 10.1. The summed E-state index contributed by atoms with van der Waals surface area (Å²) in [5.74, 6) is -0.199. The minimum Gasteiger partial charge on any atom is -0.352 e. The van der Waals surface area contributed by atoms with Crippen LogP contribution in [0.25, 0.3) is 22.3 Å². The van der Waals surface area contributed by atoms with Gasteiger partial charge < -0.3 is 10.6 Å². The number of hydrogen-bond acceptors (Lipinski definition) is 5. The Hall–Kier alpha value is -3.75. The number of fused-ring (bicyclic) bond motifs is 1. The highest BCUT2D eigenvalue weighted by atomic mass is 19.1. The van der Waals surface area contributed by atoms with E-state index in [-0.39, 0.29) is 5.56 Å². The van der Waals surface area contributed by atoms with Gasteiger partial charge in [-0.3, -0.25) is 9.89 Å². The fourth-order valence-corrected chi connectivity index (χ4v) is 2.86. The lowest BCUT2D eigenvalue weighted by molar-refractivity contribution is 0.0952. The van der Waals surface area contributed by atoms with Crippen LogP contribution in [0.4, 0.5) is 16.0 Å². The summed E-state index contributed by atoms with van der Waals surface area (Å²) in [6, 6.07) is 10.1. The molecule has 0 aliphatic rings. The zero-order valence-electron chi connectivity index (χ0n) is 15.3. The van der Waals surface area contributed by atoms with Crippen molar-refractivity contribution in [3.8, 4) is 11.4 Å². The van der Waals surface area contributed by atoms with E-state index in [1.54, 1.807) is 30.9 Å². The Bertz CT molecular complexity index is 1160. The van der Waals surface area contributed by atoms with Crippen molar-refractivity contribution in [2.24, 2.45) is 7.05 Å². The minimum atomic E-state index is -0.615. The van der Waals surface area contributed by atoms with Crippen LogP contribution >= 0.6 is 0 Å². The number of hydrogen-bond donors (Lipinski definition) is 3.